The van der Waals surface area contributed by atoms with E-state index >= 15 is 0 Å². The summed E-state index contributed by atoms with van der Waals surface area (Å²) in [7, 11) is -9.21. The summed E-state index contributed by atoms with van der Waals surface area (Å²) in [6.07, 6.45) is 0. The molecule has 0 aliphatic heterocycles. The standard InChI is InChI=1S/C43H32N6O9S2.2Na/c50-41(44-31-9-13-35(14-10-31)59(53,54)55)39-23-29-19-27(7-17-37(29)48-39)25-3-1-5-33(21-25)46-43(52)47-34-6-2-4-26(22-34)28-8-18-38-30(20-28)24-40(49-38)42(51)45-32-11-15-36(16-12-32)60(56,57)58;;/h1-24,48-49H,(H,44,50)(H,45,51)(H2,46,47,52)(H,53,54,55)(H,56,57,58);;/q;2*+1/p-2. The SMILES string of the molecule is O=C(Nc1cccc(-c2ccc3[nH]c(C(=O)Nc4ccc(S(=O)(=O)[O-])cc4)cc3c2)c1)Nc1cccc(-c2ccc3[nH]c(C(=O)Nc4ccc(S(=O)(=O)[O-])cc4)cc3c2)c1.[Na+].[Na+]. The topological polar surface area (TPSA) is 245 Å². The first kappa shape index (κ1) is 45.9. The normalized spacial score (nSPS) is 11.3. The second-order valence-electron chi connectivity index (χ2n) is 13.6. The number of rotatable bonds is 10. The second-order valence-corrected chi connectivity index (χ2v) is 16.3. The van der Waals surface area contributed by atoms with Gasteiger partial charge in [0.15, 0.2) is 0 Å². The zero-order valence-corrected chi connectivity index (χ0v) is 38.5. The van der Waals surface area contributed by atoms with Gasteiger partial charge in [-0.2, -0.15) is 0 Å². The van der Waals surface area contributed by atoms with Gasteiger partial charge < -0.3 is 40.3 Å². The van der Waals surface area contributed by atoms with Gasteiger partial charge in [-0.3, -0.25) is 9.59 Å². The van der Waals surface area contributed by atoms with E-state index in [1.165, 1.54) is 24.3 Å². The molecule has 0 aliphatic carbocycles. The minimum atomic E-state index is -4.61. The largest absolute Gasteiger partial charge is 1.00 e. The van der Waals surface area contributed by atoms with Crippen LogP contribution in [0.4, 0.5) is 27.5 Å². The molecule has 0 atom stereocenters. The predicted octanol–water partition coefficient (Wildman–Crippen LogP) is 1.95. The molecule has 19 heteroatoms. The van der Waals surface area contributed by atoms with Crippen LogP contribution in [0.1, 0.15) is 21.0 Å². The fourth-order valence-corrected chi connectivity index (χ4v) is 7.46. The Labute approximate surface area is 398 Å². The Morgan fingerprint density at radius 3 is 1.16 bits per heavy atom. The van der Waals surface area contributed by atoms with Crippen LogP contribution in [0.2, 0.25) is 0 Å². The van der Waals surface area contributed by atoms with Gasteiger partial charge >= 0.3 is 65.1 Å². The number of hydrogen-bond donors (Lipinski definition) is 6. The van der Waals surface area contributed by atoms with Gasteiger partial charge in [0.05, 0.1) is 9.79 Å². The zero-order chi connectivity index (χ0) is 42.2. The molecule has 15 nitrogen and oxygen atoms in total. The molecule has 62 heavy (non-hydrogen) atoms. The summed E-state index contributed by atoms with van der Waals surface area (Å²) in [4.78, 5) is 44.4. The van der Waals surface area contributed by atoms with Crippen molar-refractivity contribution in [2.24, 2.45) is 0 Å². The van der Waals surface area contributed by atoms with Crippen molar-refractivity contribution in [1.82, 2.24) is 9.97 Å². The van der Waals surface area contributed by atoms with Gasteiger partial charge in [-0.1, -0.05) is 36.4 Å². The van der Waals surface area contributed by atoms with E-state index in [-0.39, 0.29) is 70.5 Å². The van der Waals surface area contributed by atoms with E-state index in [1.807, 2.05) is 72.8 Å². The van der Waals surface area contributed by atoms with E-state index in [0.717, 1.165) is 57.3 Å². The zero-order valence-electron chi connectivity index (χ0n) is 32.8. The molecule has 0 saturated carbocycles. The van der Waals surface area contributed by atoms with Crippen molar-refractivity contribution in [1.29, 1.82) is 0 Å². The predicted molar refractivity (Wildman–Crippen MR) is 225 cm³/mol. The molecule has 0 aliphatic rings. The number of hydrogen-bond acceptors (Lipinski definition) is 9. The number of carbonyl (C=O) groups is 3. The van der Waals surface area contributed by atoms with Gasteiger partial charge in [0, 0.05) is 44.6 Å². The van der Waals surface area contributed by atoms with E-state index in [2.05, 4.69) is 31.2 Å². The smallest absolute Gasteiger partial charge is 0.744 e. The molecular weight excluding hydrogens is 855 g/mol. The Kier molecular flexibility index (Phi) is 13.9. The third-order valence-electron chi connectivity index (χ3n) is 9.44. The number of carbonyl (C=O) groups excluding carboxylic acids is 3. The third kappa shape index (κ3) is 10.7. The van der Waals surface area contributed by atoms with E-state index in [1.54, 1.807) is 24.3 Å². The third-order valence-corrected chi connectivity index (χ3v) is 11.1. The molecule has 0 saturated heterocycles. The Morgan fingerprint density at radius 2 is 0.790 bits per heavy atom. The van der Waals surface area contributed by atoms with Crippen LogP contribution in [0, 0.1) is 0 Å². The molecule has 4 amide bonds. The van der Waals surface area contributed by atoms with Gasteiger partial charge in [-0.25, -0.2) is 21.6 Å². The number of amides is 4. The molecule has 8 rings (SSSR count). The Bertz CT molecular complexity index is 3010. The number of anilines is 4. The van der Waals surface area contributed by atoms with Crippen LogP contribution in [0.25, 0.3) is 44.1 Å². The molecule has 300 valence electrons. The first-order valence-corrected chi connectivity index (χ1v) is 20.8. The Morgan fingerprint density at radius 1 is 0.419 bits per heavy atom. The monoisotopic (exact) mass is 884 g/mol. The number of urea groups is 1. The first-order valence-electron chi connectivity index (χ1n) is 17.9. The van der Waals surface area contributed by atoms with Crippen LogP contribution in [-0.2, 0) is 20.2 Å². The molecule has 0 bridgehead atoms. The molecule has 2 heterocycles. The van der Waals surface area contributed by atoms with Crippen LogP contribution in [0.5, 0.6) is 0 Å². The Hall–Kier alpha value is -5.57. The number of aromatic nitrogens is 2. The average Bonchev–Trinajstić information content (AvgIpc) is 3.85. The van der Waals surface area contributed by atoms with Crippen molar-refractivity contribution < 1.29 is 99.4 Å². The second kappa shape index (κ2) is 18.8. The number of nitrogens with one attached hydrogen (secondary N) is 6. The number of aromatic amines is 2. The minimum Gasteiger partial charge on any atom is -0.744 e. The summed E-state index contributed by atoms with van der Waals surface area (Å²) in [5.41, 5.74) is 6.94. The van der Waals surface area contributed by atoms with Crippen molar-refractivity contribution in [3.05, 3.63) is 157 Å². The Balaban J connectivity index is 0.00000321. The van der Waals surface area contributed by atoms with Crippen molar-refractivity contribution in [2.75, 3.05) is 21.3 Å². The summed E-state index contributed by atoms with van der Waals surface area (Å²) in [6, 6.07) is 38.5. The van der Waals surface area contributed by atoms with Crippen LogP contribution in [-0.4, -0.2) is 53.8 Å². The maximum Gasteiger partial charge on any atom is 1.00 e. The molecule has 6 N–H and O–H groups in total. The van der Waals surface area contributed by atoms with E-state index in [9.17, 15) is 40.3 Å². The fourth-order valence-electron chi connectivity index (χ4n) is 6.52. The van der Waals surface area contributed by atoms with E-state index in [4.69, 9.17) is 0 Å². The van der Waals surface area contributed by atoms with Crippen LogP contribution in [0.3, 0.4) is 0 Å². The molecule has 2 aromatic heterocycles. The number of fused-ring (bicyclic) bond motifs is 2. The van der Waals surface area contributed by atoms with Crippen LogP contribution < -0.4 is 80.4 Å². The van der Waals surface area contributed by atoms with Gasteiger partial charge in [0.1, 0.15) is 31.6 Å². The number of benzene rings is 6. The van der Waals surface area contributed by atoms with Crippen molar-refractivity contribution in [3.63, 3.8) is 0 Å². The summed E-state index contributed by atoms with van der Waals surface area (Å²) in [6.45, 7) is 0. The van der Waals surface area contributed by atoms with Crippen molar-refractivity contribution in [3.8, 4) is 22.3 Å². The van der Waals surface area contributed by atoms with Gasteiger partial charge in [-0.15, -0.1) is 0 Å². The molecule has 0 radical (unpaired) electrons. The minimum absolute atomic E-state index is 0. The number of H-pyrrole nitrogens is 2. The quantitative estimate of drug-likeness (QED) is 0.0867. The van der Waals surface area contributed by atoms with Gasteiger partial charge in [0.25, 0.3) is 11.8 Å². The maximum atomic E-state index is 13.2. The van der Waals surface area contributed by atoms with E-state index in [0.29, 0.717) is 33.8 Å². The molecule has 0 unspecified atom stereocenters. The fraction of sp³-hybridized carbons (Fsp3) is 0. The molecule has 8 aromatic rings. The van der Waals surface area contributed by atoms with E-state index < -0.39 is 47.9 Å². The molecule has 0 fully saturated rings. The molecule has 6 aromatic carbocycles. The molecule has 0 spiro atoms. The van der Waals surface area contributed by atoms with Crippen molar-refractivity contribution >= 4 is 82.6 Å². The average molecular weight is 885 g/mol. The molecular formula is C43H30N6Na2O9S2. The van der Waals surface area contributed by atoms with Gasteiger partial charge in [-0.05, 0) is 131 Å². The van der Waals surface area contributed by atoms with Crippen LogP contribution >= 0.6 is 0 Å². The first-order chi connectivity index (χ1) is 28.6. The van der Waals surface area contributed by atoms with Gasteiger partial charge in [0.2, 0.25) is 0 Å². The van der Waals surface area contributed by atoms with Crippen molar-refractivity contribution in [2.45, 2.75) is 9.79 Å². The van der Waals surface area contributed by atoms with Crippen LogP contribution in [0.15, 0.2) is 155 Å². The summed E-state index contributed by atoms with van der Waals surface area (Å²) in [5, 5.41) is 12.6. The summed E-state index contributed by atoms with van der Waals surface area (Å²) < 4.78 is 67.2. The summed E-state index contributed by atoms with van der Waals surface area (Å²) in [5.74, 6) is -0.919. The maximum absolute atomic E-state index is 13.2. The summed E-state index contributed by atoms with van der Waals surface area (Å²) >= 11 is 0.